The molecule has 0 aliphatic carbocycles. The van der Waals surface area contributed by atoms with Crippen molar-refractivity contribution in [2.24, 2.45) is 0 Å². The van der Waals surface area contributed by atoms with Gasteiger partial charge in [0.15, 0.2) is 0 Å². The maximum absolute atomic E-state index is 6.23. The molecular weight excluding hydrogens is 279 g/mol. The third-order valence-corrected chi connectivity index (χ3v) is 3.54. The smallest absolute Gasteiger partial charge is 0.130 e. The molecule has 0 bridgehead atoms. The van der Waals surface area contributed by atoms with E-state index in [-0.39, 0.29) is 0 Å². The number of rotatable bonds is 4. The highest BCUT2D eigenvalue weighted by atomic mass is 35.5. The van der Waals surface area contributed by atoms with Gasteiger partial charge >= 0.3 is 0 Å². The lowest BCUT2D eigenvalue weighted by Crippen LogP contribution is -2.06. The number of halogens is 2. The zero-order valence-electron chi connectivity index (χ0n) is 11.4. The van der Waals surface area contributed by atoms with Crippen molar-refractivity contribution < 1.29 is 0 Å². The number of nitrogens with zero attached hydrogens (tertiary/aromatic N) is 1. The van der Waals surface area contributed by atoms with Crippen molar-refractivity contribution in [3.63, 3.8) is 0 Å². The number of nitrogens with one attached hydrogen (secondary N) is 1. The summed E-state index contributed by atoms with van der Waals surface area (Å²) in [7, 11) is 0. The SMILES string of the molecule is CCCNc1nc2c(Cl)cc(Cl)cc2cc1C(C)C. The maximum Gasteiger partial charge on any atom is 0.130 e. The lowest BCUT2D eigenvalue weighted by Gasteiger charge is -2.15. The Labute approximate surface area is 124 Å². The Hall–Kier alpha value is -0.990. The second-order valence-corrected chi connectivity index (χ2v) is 5.81. The van der Waals surface area contributed by atoms with Gasteiger partial charge in [-0.3, -0.25) is 0 Å². The van der Waals surface area contributed by atoms with Crippen LogP contribution in [0.5, 0.6) is 0 Å². The van der Waals surface area contributed by atoms with E-state index in [1.807, 2.05) is 6.07 Å². The van der Waals surface area contributed by atoms with Crippen molar-refractivity contribution in [1.29, 1.82) is 0 Å². The number of hydrogen-bond donors (Lipinski definition) is 1. The summed E-state index contributed by atoms with van der Waals surface area (Å²) in [5.74, 6) is 1.32. The van der Waals surface area contributed by atoms with E-state index < -0.39 is 0 Å². The van der Waals surface area contributed by atoms with Crippen LogP contribution in [0, 0.1) is 0 Å². The number of anilines is 1. The molecule has 0 aliphatic heterocycles. The maximum atomic E-state index is 6.23. The zero-order chi connectivity index (χ0) is 14.0. The lowest BCUT2D eigenvalue weighted by molar-refractivity contribution is 0.856. The molecule has 2 nitrogen and oxygen atoms in total. The molecule has 19 heavy (non-hydrogen) atoms. The van der Waals surface area contributed by atoms with Gasteiger partial charge in [-0.1, -0.05) is 44.0 Å². The van der Waals surface area contributed by atoms with Crippen LogP contribution in [0.1, 0.15) is 38.7 Å². The van der Waals surface area contributed by atoms with Crippen molar-refractivity contribution >= 4 is 39.9 Å². The summed E-state index contributed by atoms with van der Waals surface area (Å²) in [5, 5.41) is 5.60. The molecule has 1 heterocycles. The van der Waals surface area contributed by atoms with Crippen LogP contribution in [0.15, 0.2) is 18.2 Å². The quantitative estimate of drug-likeness (QED) is 0.807. The second-order valence-electron chi connectivity index (χ2n) is 4.97. The fraction of sp³-hybridized carbons (Fsp3) is 0.400. The highest BCUT2D eigenvalue weighted by molar-refractivity contribution is 6.38. The molecule has 1 aromatic carbocycles. The van der Waals surface area contributed by atoms with Gasteiger partial charge in [0.2, 0.25) is 0 Å². The van der Waals surface area contributed by atoms with Crippen LogP contribution in [0.4, 0.5) is 5.82 Å². The van der Waals surface area contributed by atoms with Crippen molar-refractivity contribution in [1.82, 2.24) is 4.98 Å². The average Bonchev–Trinajstić information content (AvgIpc) is 2.35. The number of fused-ring (bicyclic) bond motifs is 1. The summed E-state index contributed by atoms with van der Waals surface area (Å²) >= 11 is 12.3. The fourth-order valence-corrected chi connectivity index (χ4v) is 2.60. The van der Waals surface area contributed by atoms with Crippen LogP contribution in [0.25, 0.3) is 10.9 Å². The first-order valence-corrected chi connectivity index (χ1v) is 7.32. The molecule has 0 radical (unpaired) electrons. The first-order valence-electron chi connectivity index (χ1n) is 6.56. The number of hydrogen-bond acceptors (Lipinski definition) is 2. The first-order chi connectivity index (χ1) is 9.02. The van der Waals surface area contributed by atoms with Crippen molar-refractivity contribution in [3.8, 4) is 0 Å². The molecule has 1 aromatic heterocycles. The molecular formula is C15H18Cl2N2. The van der Waals surface area contributed by atoms with Gasteiger partial charge in [0.05, 0.1) is 10.5 Å². The summed E-state index contributed by atoms with van der Waals surface area (Å²) in [6, 6.07) is 5.77. The summed E-state index contributed by atoms with van der Waals surface area (Å²) in [6.07, 6.45) is 1.06. The van der Waals surface area contributed by atoms with Gasteiger partial charge in [-0.15, -0.1) is 0 Å². The molecule has 0 saturated heterocycles. The molecule has 0 saturated carbocycles. The van der Waals surface area contributed by atoms with E-state index in [1.54, 1.807) is 6.07 Å². The van der Waals surface area contributed by atoms with E-state index in [4.69, 9.17) is 23.2 Å². The van der Waals surface area contributed by atoms with E-state index >= 15 is 0 Å². The first kappa shape index (κ1) is 14.4. The molecule has 0 fully saturated rings. The number of pyridine rings is 1. The van der Waals surface area contributed by atoms with Gasteiger partial charge < -0.3 is 5.32 Å². The van der Waals surface area contributed by atoms with Crippen molar-refractivity contribution in [3.05, 3.63) is 33.8 Å². The largest absolute Gasteiger partial charge is 0.370 e. The van der Waals surface area contributed by atoms with E-state index in [1.165, 1.54) is 5.56 Å². The summed E-state index contributed by atoms with van der Waals surface area (Å²) in [5.41, 5.74) is 1.99. The second kappa shape index (κ2) is 5.98. The molecule has 1 N–H and O–H groups in total. The van der Waals surface area contributed by atoms with Gasteiger partial charge in [-0.25, -0.2) is 4.98 Å². The van der Waals surface area contributed by atoms with Crippen molar-refractivity contribution in [2.45, 2.75) is 33.1 Å². The summed E-state index contributed by atoms with van der Waals surface area (Å²) in [6.45, 7) is 7.36. The average molecular weight is 297 g/mol. The van der Waals surface area contributed by atoms with Crippen LogP contribution in [0.2, 0.25) is 10.0 Å². The van der Waals surface area contributed by atoms with E-state index in [2.05, 4.69) is 37.1 Å². The lowest BCUT2D eigenvalue weighted by atomic mass is 10.0. The summed E-state index contributed by atoms with van der Waals surface area (Å²) < 4.78 is 0. The van der Waals surface area contributed by atoms with Gasteiger partial charge in [-0.2, -0.15) is 0 Å². The van der Waals surface area contributed by atoms with Crippen LogP contribution in [-0.2, 0) is 0 Å². The Morgan fingerprint density at radius 1 is 1.21 bits per heavy atom. The Bertz CT molecular complexity index is 594. The molecule has 0 atom stereocenters. The zero-order valence-corrected chi connectivity index (χ0v) is 12.9. The fourth-order valence-electron chi connectivity index (χ4n) is 2.05. The normalized spacial score (nSPS) is 11.3. The highest BCUT2D eigenvalue weighted by Crippen LogP contribution is 2.32. The third kappa shape index (κ3) is 3.13. The molecule has 0 aliphatic rings. The van der Waals surface area contributed by atoms with Crippen LogP contribution < -0.4 is 5.32 Å². The van der Waals surface area contributed by atoms with E-state index in [9.17, 15) is 0 Å². The minimum absolute atomic E-state index is 0.397. The monoisotopic (exact) mass is 296 g/mol. The number of benzene rings is 1. The molecule has 0 amide bonds. The Balaban J connectivity index is 2.62. The minimum Gasteiger partial charge on any atom is -0.370 e. The van der Waals surface area contributed by atoms with Crippen LogP contribution in [0.3, 0.4) is 0 Å². The Morgan fingerprint density at radius 3 is 2.58 bits per heavy atom. The highest BCUT2D eigenvalue weighted by Gasteiger charge is 2.12. The van der Waals surface area contributed by atoms with Gasteiger partial charge in [0.1, 0.15) is 5.82 Å². The Kier molecular flexibility index (Phi) is 4.54. The molecule has 102 valence electrons. The van der Waals surface area contributed by atoms with Crippen molar-refractivity contribution in [2.75, 3.05) is 11.9 Å². The molecule has 2 aromatic rings. The van der Waals surface area contributed by atoms with Crippen LogP contribution >= 0.6 is 23.2 Å². The third-order valence-electron chi connectivity index (χ3n) is 3.03. The summed E-state index contributed by atoms with van der Waals surface area (Å²) in [4.78, 5) is 4.67. The minimum atomic E-state index is 0.397. The van der Waals surface area contributed by atoms with Crippen LogP contribution in [-0.4, -0.2) is 11.5 Å². The molecule has 4 heteroatoms. The predicted molar refractivity (Wildman–Crippen MR) is 84.6 cm³/mol. The van der Waals surface area contributed by atoms with Gasteiger partial charge in [0.25, 0.3) is 0 Å². The van der Waals surface area contributed by atoms with Gasteiger partial charge in [-0.05, 0) is 36.1 Å². The topological polar surface area (TPSA) is 24.9 Å². The van der Waals surface area contributed by atoms with Gasteiger partial charge in [0, 0.05) is 17.0 Å². The molecule has 0 unspecified atom stereocenters. The molecule has 0 spiro atoms. The molecule has 2 rings (SSSR count). The van der Waals surface area contributed by atoms with E-state index in [0.717, 1.165) is 29.7 Å². The Morgan fingerprint density at radius 2 is 1.95 bits per heavy atom. The predicted octanol–water partition coefficient (Wildman–Crippen LogP) is 5.49. The number of aromatic nitrogens is 1. The van der Waals surface area contributed by atoms with E-state index in [0.29, 0.717) is 16.0 Å². The standard InChI is InChI=1S/C15H18Cl2N2/c1-4-5-18-15-12(9(2)3)7-10-6-11(16)8-13(17)14(10)19-15/h6-9H,4-5H2,1-3H3,(H,18,19).